The Kier molecular flexibility index (Phi) is 4.64. The normalized spacial score (nSPS) is 11.0. The first-order valence-corrected chi connectivity index (χ1v) is 9.17. The monoisotopic (exact) mass is 383 g/mol. The van der Waals surface area contributed by atoms with Crippen LogP contribution in [-0.2, 0) is 5.75 Å². The zero-order valence-corrected chi connectivity index (χ0v) is 15.1. The summed E-state index contributed by atoms with van der Waals surface area (Å²) in [6, 6.07) is 19.0. The zero-order chi connectivity index (χ0) is 17.9. The Bertz CT molecular complexity index is 1010. The molecule has 2 N–H and O–H groups in total. The molecule has 0 bridgehead atoms. The van der Waals surface area contributed by atoms with Crippen molar-refractivity contribution in [2.24, 2.45) is 0 Å². The van der Waals surface area contributed by atoms with Crippen molar-refractivity contribution >= 4 is 23.4 Å². The summed E-state index contributed by atoms with van der Waals surface area (Å²) in [5.74, 6) is 8.01. The van der Waals surface area contributed by atoms with E-state index in [1.165, 1.54) is 16.4 Å². The van der Waals surface area contributed by atoms with E-state index in [1.54, 1.807) is 0 Å². The van der Waals surface area contributed by atoms with Crippen molar-refractivity contribution < 1.29 is 4.52 Å². The number of thioether (sulfide) groups is 1. The third-order valence-electron chi connectivity index (χ3n) is 3.74. The first-order chi connectivity index (χ1) is 12.7. The average molecular weight is 384 g/mol. The van der Waals surface area contributed by atoms with Crippen LogP contribution in [0.25, 0.3) is 22.6 Å². The number of nitrogens with two attached hydrogens (primary N) is 1. The van der Waals surface area contributed by atoms with Crippen molar-refractivity contribution in [3.05, 3.63) is 71.4 Å². The summed E-state index contributed by atoms with van der Waals surface area (Å²) in [6.45, 7) is 0. The van der Waals surface area contributed by atoms with E-state index < -0.39 is 0 Å². The van der Waals surface area contributed by atoms with Crippen LogP contribution in [0.4, 0.5) is 0 Å². The van der Waals surface area contributed by atoms with Crippen LogP contribution in [0.2, 0.25) is 5.02 Å². The molecule has 0 radical (unpaired) electrons. The number of nitrogens with zero attached hydrogens (tertiary/aromatic N) is 4. The summed E-state index contributed by atoms with van der Waals surface area (Å²) in [5, 5.41) is 13.7. The number of halogens is 1. The second kappa shape index (κ2) is 7.23. The Hall–Kier alpha value is -2.77. The maximum atomic E-state index is 6.12. The van der Waals surface area contributed by atoms with Crippen LogP contribution in [0.15, 0.2) is 70.3 Å². The van der Waals surface area contributed by atoms with E-state index in [0.29, 0.717) is 21.8 Å². The van der Waals surface area contributed by atoms with Gasteiger partial charge in [-0.15, -0.1) is 10.2 Å². The molecule has 0 atom stereocenters. The van der Waals surface area contributed by atoms with Crippen molar-refractivity contribution in [2.45, 2.75) is 10.9 Å². The number of rotatable bonds is 5. The minimum Gasteiger partial charge on any atom is -0.360 e. The van der Waals surface area contributed by atoms with Crippen molar-refractivity contribution in [2.75, 3.05) is 5.84 Å². The fraction of sp³-hybridized carbons (Fsp3) is 0.0556. The number of hydrogen-bond donors (Lipinski definition) is 1. The maximum Gasteiger partial charge on any atom is 0.210 e. The Morgan fingerprint density at radius 2 is 1.77 bits per heavy atom. The van der Waals surface area contributed by atoms with Gasteiger partial charge in [0.05, 0.1) is 5.75 Å². The second-order valence-electron chi connectivity index (χ2n) is 5.52. The van der Waals surface area contributed by atoms with Crippen LogP contribution < -0.4 is 5.84 Å². The maximum absolute atomic E-state index is 6.12. The molecule has 4 aromatic rings. The Morgan fingerprint density at radius 1 is 1.00 bits per heavy atom. The molecular formula is C18H14ClN5OS. The molecule has 26 heavy (non-hydrogen) atoms. The Balaban J connectivity index is 1.47. The van der Waals surface area contributed by atoms with Crippen molar-refractivity contribution in [1.82, 2.24) is 20.0 Å². The molecule has 2 heterocycles. The zero-order valence-electron chi connectivity index (χ0n) is 13.5. The average Bonchev–Trinajstić information content (AvgIpc) is 3.28. The summed E-state index contributed by atoms with van der Waals surface area (Å²) in [4.78, 5) is 0. The molecule has 2 aromatic carbocycles. The lowest BCUT2D eigenvalue weighted by atomic mass is 10.1. The van der Waals surface area contributed by atoms with Crippen LogP contribution in [0.5, 0.6) is 0 Å². The predicted octanol–water partition coefficient (Wildman–Crippen LogP) is 4.26. The topological polar surface area (TPSA) is 82.8 Å². The lowest BCUT2D eigenvalue weighted by Crippen LogP contribution is -2.11. The Morgan fingerprint density at radius 3 is 2.54 bits per heavy atom. The van der Waals surface area contributed by atoms with E-state index in [9.17, 15) is 0 Å². The summed E-state index contributed by atoms with van der Waals surface area (Å²) < 4.78 is 6.88. The molecule has 2 aromatic heterocycles. The van der Waals surface area contributed by atoms with E-state index in [4.69, 9.17) is 22.0 Å². The van der Waals surface area contributed by atoms with Crippen LogP contribution in [0, 0.1) is 0 Å². The van der Waals surface area contributed by atoms with Crippen LogP contribution in [-0.4, -0.2) is 20.0 Å². The van der Waals surface area contributed by atoms with E-state index in [0.717, 1.165) is 22.6 Å². The quantitative estimate of drug-likeness (QED) is 0.409. The lowest BCUT2D eigenvalue weighted by Gasteiger charge is -2.02. The molecule has 0 saturated heterocycles. The number of hydrogen-bond acceptors (Lipinski definition) is 6. The van der Waals surface area contributed by atoms with E-state index in [-0.39, 0.29) is 0 Å². The highest BCUT2D eigenvalue weighted by Gasteiger charge is 2.14. The highest BCUT2D eigenvalue weighted by atomic mass is 35.5. The molecule has 0 aliphatic carbocycles. The highest BCUT2D eigenvalue weighted by Crippen LogP contribution is 2.27. The molecule has 0 saturated carbocycles. The molecular weight excluding hydrogens is 370 g/mol. The first kappa shape index (κ1) is 16.7. The third kappa shape index (κ3) is 3.44. The molecule has 0 amide bonds. The van der Waals surface area contributed by atoms with Crippen LogP contribution >= 0.6 is 23.4 Å². The van der Waals surface area contributed by atoms with Crippen molar-refractivity contribution in [3.63, 3.8) is 0 Å². The smallest absolute Gasteiger partial charge is 0.210 e. The van der Waals surface area contributed by atoms with Crippen molar-refractivity contribution in [3.8, 4) is 22.6 Å². The molecule has 0 fully saturated rings. The summed E-state index contributed by atoms with van der Waals surface area (Å²) in [5.41, 5.74) is 2.62. The van der Waals surface area contributed by atoms with Gasteiger partial charge in [0, 0.05) is 22.2 Å². The van der Waals surface area contributed by atoms with Gasteiger partial charge in [0.15, 0.2) is 5.82 Å². The summed E-state index contributed by atoms with van der Waals surface area (Å²) >= 11 is 7.34. The van der Waals surface area contributed by atoms with Gasteiger partial charge >= 0.3 is 0 Å². The van der Waals surface area contributed by atoms with Gasteiger partial charge in [-0.2, -0.15) is 0 Å². The molecule has 6 nitrogen and oxygen atoms in total. The predicted molar refractivity (Wildman–Crippen MR) is 102 cm³/mol. The highest BCUT2D eigenvalue weighted by molar-refractivity contribution is 7.98. The van der Waals surface area contributed by atoms with Gasteiger partial charge in [-0.3, -0.25) is 0 Å². The van der Waals surface area contributed by atoms with E-state index >= 15 is 0 Å². The van der Waals surface area contributed by atoms with E-state index in [2.05, 4.69) is 15.4 Å². The van der Waals surface area contributed by atoms with Gasteiger partial charge in [-0.05, 0) is 12.1 Å². The molecule has 0 aliphatic rings. The van der Waals surface area contributed by atoms with Gasteiger partial charge in [0.2, 0.25) is 5.16 Å². The molecule has 130 valence electrons. The molecule has 0 unspecified atom stereocenters. The minimum absolute atomic E-state index is 0.546. The van der Waals surface area contributed by atoms with Crippen molar-refractivity contribution in [1.29, 1.82) is 0 Å². The molecule has 4 rings (SSSR count). The van der Waals surface area contributed by atoms with Gasteiger partial charge < -0.3 is 10.4 Å². The minimum atomic E-state index is 0.546. The van der Waals surface area contributed by atoms with Gasteiger partial charge in [-0.1, -0.05) is 71.0 Å². The van der Waals surface area contributed by atoms with E-state index in [1.807, 2.05) is 60.7 Å². The SMILES string of the molecule is Nn1c(SCc2cc(-c3ccc(Cl)cc3)no2)nnc1-c1ccccc1. The summed E-state index contributed by atoms with van der Waals surface area (Å²) in [6.07, 6.45) is 0. The standard InChI is InChI=1S/C18H14ClN5OS/c19-14-8-6-12(7-9-14)16-10-15(25-23-16)11-26-18-22-21-17(24(18)20)13-4-2-1-3-5-13/h1-10H,11,20H2. The van der Waals surface area contributed by atoms with Crippen LogP contribution in [0.1, 0.15) is 5.76 Å². The fourth-order valence-corrected chi connectivity index (χ4v) is 3.29. The number of aromatic nitrogens is 4. The Labute approximate surface area is 158 Å². The largest absolute Gasteiger partial charge is 0.360 e. The lowest BCUT2D eigenvalue weighted by molar-refractivity contribution is 0.397. The first-order valence-electron chi connectivity index (χ1n) is 7.81. The number of nitrogen functional groups attached to an aromatic ring is 1. The van der Waals surface area contributed by atoms with Gasteiger partial charge in [-0.25, -0.2) is 4.68 Å². The van der Waals surface area contributed by atoms with Gasteiger partial charge in [0.25, 0.3) is 0 Å². The molecule has 0 spiro atoms. The van der Waals surface area contributed by atoms with Gasteiger partial charge in [0.1, 0.15) is 11.5 Å². The number of benzene rings is 2. The molecule has 8 heteroatoms. The molecule has 0 aliphatic heterocycles. The summed E-state index contributed by atoms with van der Waals surface area (Å²) in [7, 11) is 0. The fourth-order valence-electron chi connectivity index (χ4n) is 2.43. The van der Waals surface area contributed by atoms with Crippen LogP contribution in [0.3, 0.4) is 0 Å². The third-order valence-corrected chi connectivity index (χ3v) is 4.96. The second-order valence-corrected chi connectivity index (χ2v) is 6.90.